The van der Waals surface area contributed by atoms with Crippen LogP contribution in [0.15, 0.2) is 29.9 Å². The third kappa shape index (κ3) is 2.99. The van der Waals surface area contributed by atoms with Gasteiger partial charge in [0.25, 0.3) is 0 Å². The number of pyridine rings is 1. The first-order chi connectivity index (χ1) is 9.15. The minimum Gasteiger partial charge on any atom is -0.265 e. The molecule has 7 heteroatoms. The highest BCUT2D eigenvalue weighted by atomic mass is 32.2. The Labute approximate surface area is 115 Å². The molecule has 0 radical (unpaired) electrons. The van der Waals surface area contributed by atoms with E-state index in [2.05, 4.69) is 14.7 Å². The van der Waals surface area contributed by atoms with Gasteiger partial charge in [-0.1, -0.05) is 0 Å². The van der Waals surface area contributed by atoms with Gasteiger partial charge in [0.1, 0.15) is 5.01 Å². The molecule has 100 valence electrons. The van der Waals surface area contributed by atoms with Gasteiger partial charge in [0, 0.05) is 23.3 Å². The van der Waals surface area contributed by atoms with Crippen molar-refractivity contribution in [1.82, 2.24) is 14.7 Å². The van der Waals surface area contributed by atoms with Crippen LogP contribution in [-0.2, 0) is 16.6 Å². The van der Waals surface area contributed by atoms with Gasteiger partial charge in [0.05, 0.1) is 17.5 Å². The predicted molar refractivity (Wildman–Crippen MR) is 74.1 cm³/mol. The summed E-state index contributed by atoms with van der Waals surface area (Å²) in [7, 11) is -3.14. The van der Waals surface area contributed by atoms with Gasteiger partial charge in [-0.2, -0.15) is 0 Å². The van der Waals surface area contributed by atoms with Crippen LogP contribution in [-0.4, -0.2) is 23.6 Å². The average molecular weight is 295 g/mol. The zero-order valence-corrected chi connectivity index (χ0v) is 11.7. The van der Waals surface area contributed by atoms with Gasteiger partial charge in [-0.25, -0.2) is 18.1 Å². The molecule has 2 heterocycles. The first kappa shape index (κ1) is 12.7. The molecule has 1 N–H and O–H groups in total. The van der Waals surface area contributed by atoms with Crippen molar-refractivity contribution in [2.24, 2.45) is 0 Å². The number of hydrogen-bond acceptors (Lipinski definition) is 5. The molecule has 1 saturated carbocycles. The lowest BCUT2D eigenvalue weighted by Crippen LogP contribution is -2.26. The maximum atomic E-state index is 11.7. The van der Waals surface area contributed by atoms with E-state index in [0.717, 1.165) is 29.1 Å². The van der Waals surface area contributed by atoms with E-state index in [1.165, 1.54) is 11.3 Å². The highest BCUT2D eigenvalue weighted by molar-refractivity contribution is 7.90. The van der Waals surface area contributed by atoms with Crippen LogP contribution in [0.2, 0.25) is 0 Å². The molecule has 0 saturated heterocycles. The van der Waals surface area contributed by atoms with E-state index in [9.17, 15) is 8.42 Å². The molecule has 1 aliphatic rings. The standard InChI is InChI=1S/C12H13N3O2S2/c16-19(17,11-1-2-11)14-7-10-8-18-12(15-10)9-3-5-13-6-4-9/h3-6,8,11,14H,1-2,7H2. The molecule has 0 aromatic carbocycles. The number of aromatic nitrogens is 2. The van der Waals surface area contributed by atoms with Gasteiger partial charge in [0.2, 0.25) is 10.0 Å². The molecule has 0 bridgehead atoms. The summed E-state index contributed by atoms with van der Waals surface area (Å²) in [5.41, 5.74) is 1.75. The summed E-state index contributed by atoms with van der Waals surface area (Å²) in [6.45, 7) is 0.264. The van der Waals surface area contributed by atoms with Crippen molar-refractivity contribution in [3.8, 4) is 10.6 Å². The van der Waals surface area contributed by atoms with Gasteiger partial charge >= 0.3 is 0 Å². The summed E-state index contributed by atoms with van der Waals surface area (Å²) in [6, 6.07) is 3.77. The molecule has 19 heavy (non-hydrogen) atoms. The van der Waals surface area contributed by atoms with E-state index in [0.29, 0.717) is 0 Å². The maximum absolute atomic E-state index is 11.7. The van der Waals surface area contributed by atoms with Crippen molar-refractivity contribution >= 4 is 21.4 Å². The van der Waals surface area contributed by atoms with Crippen LogP contribution in [0.1, 0.15) is 18.5 Å². The lowest BCUT2D eigenvalue weighted by Gasteiger charge is -2.02. The van der Waals surface area contributed by atoms with Crippen LogP contribution in [0.3, 0.4) is 0 Å². The maximum Gasteiger partial charge on any atom is 0.214 e. The van der Waals surface area contributed by atoms with E-state index in [4.69, 9.17) is 0 Å². The molecular weight excluding hydrogens is 282 g/mol. The van der Waals surface area contributed by atoms with Gasteiger partial charge in [-0.05, 0) is 25.0 Å². The van der Waals surface area contributed by atoms with E-state index in [-0.39, 0.29) is 11.8 Å². The monoisotopic (exact) mass is 295 g/mol. The van der Waals surface area contributed by atoms with Crippen molar-refractivity contribution in [2.75, 3.05) is 0 Å². The van der Waals surface area contributed by atoms with E-state index < -0.39 is 10.0 Å². The number of thiazole rings is 1. The van der Waals surface area contributed by atoms with Gasteiger partial charge in [0.15, 0.2) is 0 Å². The Morgan fingerprint density at radius 2 is 2.05 bits per heavy atom. The lowest BCUT2D eigenvalue weighted by atomic mass is 10.3. The third-order valence-electron chi connectivity index (χ3n) is 2.90. The Morgan fingerprint density at radius 3 is 2.74 bits per heavy atom. The Balaban J connectivity index is 1.69. The molecule has 2 aromatic heterocycles. The molecule has 0 spiro atoms. The SMILES string of the molecule is O=S(=O)(NCc1csc(-c2ccncc2)n1)C1CC1. The van der Waals surface area contributed by atoms with Crippen LogP contribution in [0.5, 0.6) is 0 Å². The summed E-state index contributed by atoms with van der Waals surface area (Å²) in [4.78, 5) is 8.38. The van der Waals surface area contributed by atoms with Gasteiger partial charge in [-0.15, -0.1) is 11.3 Å². The normalized spacial score (nSPS) is 15.6. The van der Waals surface area contributed by atoms with Crippen molar-refractivity contribution in [3.63, 3.8) is 0 Å². The second-order valence-electron chi connectivity index (χ2n) is 4.45. The van der Waals surface area contributed by atoms with Crippen LogP contribution in [0.4, 0.5) is 0 Å². The second kappa shape index (κ2) is 4.99. The van der Waals surface area contributed by atoms with Crippen molar-refractivity contribution in [2.45, 2.75) is 24.6 Å². The topological polar surface area (TPSA) is 72.0 Å². The quantitative estimate of drug-likeness (QED) is 0.912. The Hall–Kier alpha value is -1.31. The summed E-state index contributed by atoms with van der Waals surface area (Å²) in [6.07, 6.45) is 4.97. The van der Waals surface area contributed by atoms with Crippen molar-refractivity contribution in [3.05, 3.63) is 35.6 Å². The summed E-state index contributed by atoms with van der Waals surface area (Å²) < 4.78 is 26.0. The van der Waals surface area contributed by atoms with Crippen molar-refractivity contribution < 1.29 is 8.42 Å². The Morgan fingerprint density at radius 1 is 1.32 bits per heavy atom. The molecule has 0 aliphatic heterocycles. The summed E-state index contributed by atoms with van der Waals surface area (Å²) in [5.74, 6) is 0. The first-order valence-electron chi connectivity index (χ1n) is 5.98. The molecule has 0 amide bonds. The lowest BCUT2D eigenvalue weighted by molar-refractivity contribution is 0.579. The van der Waals surface area contributed by atoms with Crippen molar-refractivity contribution in [1.29, 1.82) is 0 Å². The first-order valence-corrected chi connectivity index (χ1v) is 8.41. The Kier molecular flexibility index (Phi) is 3.34. The molecule has 3 rings (SSSR count). The largest absolute Gasteiger partial charge is 0.265 e. The molecule has 2 aromatic rings. The molecule has 1 aliphatic carbocycles. The van der Waals surface area contributed by atoms with E-state index in [1.54, 1.807) is 12.4 Å². The zero-order valence-electron chi connectivity index (χ0n) is 10.1. The van der Waals surface area contributed by atoms with Crippen LogP contribution in [0, 0.1) is 0 Å². The predicted octanol–water partition coefficient (Wildman–Crippen LogP) is 1.79. The third-order valence-corrected chi connectivity index (χ3v) is 5.73. The minimum absolute atomic E-state index is 0.189. The van der Waals surface area contributed by atoms with E-state index in [1.807, 2.05) is 17.5 Å². The summed E-state index contributed by atoms with van der Waals surface area (Å²) in [5, 5.41) is 2.57. The van der Waals surface area contributed by atoms with Crippen LogP contribution in [0.25, 0.3) is 10.6 Å². The smallest absolute Gasteiger partial charge is 0.214 e. The molecule has 0 atom stereocenters. The molecule has 5 nitrogen and oxygen atoms in total. The molecular formula is C12H13N3O2S2. The van der Waals surface area contributed by atoms with Gasteiger partial charge < -0.3 is 0 Å². The fourth-order valence-electron chi connectivity index (χ4n) is 1.69. The highest BCUT2D eigenvalue weighted by Crippen LogP contribution is 2.28. The number of nitrogens with one attached hydrogen (secondary N) is 1. The van der Waals surface area contributed by atoms with Crippen LogP contribution >= 0.6 is 11.3 Å². The summed E-state index contributed by atoms with van der Waals surface area (Å²) >= 11 is 1.50. The van der Waals surface area contributed by atoms with Gasteiger partial charge in [-0.3, -0.25) is 4.98 Å². The number of nitrogens with zero attached hydrogens (tertiary/aromatic N) is 2. The zero-order chi connectivity index (χ0) is 13.3. The minimum atomic E-state index is -3.14. The van der Waals surface area contributed by atoms with Crippen LogP contribution < -0.4 is 4.72 Å². The molecule has 1 fully saturated rings. The fourth-order valence-corrected chi connectivity index (χ4v) is 3.85. The molecule has 0 unspecified atom stereocenters. The number of hydrogen-bond donors (Lipinski definition) is 1. The number of sulfonamides is 1. The highest BCUT2D eigenvalue weighted by Gasteiger charge is 2.35. The Bertz CT molecular complexity index is 663. The van der Waals surface area contributed by atoms with E-state index >= 15 is 0 Å². The average Bonchev–Trinajstić information content (AvgIpc) is 3.18. The second-order valence-corrected chi connectivity index (χ2v) is 7.35. The number of rotatable bonds is 5. The fraction of sp³-hybridized carbons (Fsp3) is 0.333.